The van der Waals surface area contributed by atoms with Crippen molar-refractivity contribution in [3.63, 3.8) is 0 Å². The molecule has 12 heteroatoms. The molecule has 182 valence electrons. The molecule has 0 unspecified atom stereocenters. The molecule has 1 aromatic carbocycles. The Morgan fingerprint density at radius 3 is 2.62 bits per heavy atom. The Kier molecular flexibility index (Phi) is 6.81. The van der Waals surface area contributed by atoms with E-state index in [9.17, 15) is 27.2 Å². The molecule has 1 aliphatic heterocycles. The number of aromatic nitrogens is 3. The maximum atomic E-state index is 14.7. The van der Waals surface area contributed by atoms with Gasteiger partial charge in [0, 0.05) is 30.8 Å². The minimum absolute atomic E-state index is 0.0118. The van der Waals surface area contributed by atoms with Crippen molar-refractivity contribution in [3.8, 4) is 0 Å². The van der Waals surface area contributed by atoms with Gasteiger partial charge in [-0.1, -0.05) is 18.2 Å². The summed E-state index contributed by atoms with van der Waals surface area (Å²) >= 11 is 3.19. The summed E-state index contributed by atoms with van der Waals surface area (Å²) in [7, 11) is 1.38. The summed E-state index contributed by atoms with van der Waals surface area (Å²) in [5.41, 5.74) is -1.91. The highest BCUT2D eigenvalue weighted by molar-refractivity contribution is 9.10. The Bertz CT molecular complexity index is 1360. The number of nitrogens with one attached hydrogen (secondary N) is 1. The highest BCUT2D eigenvalue weighted by atomic mass is 79.9. The third kappa shape index (κ3) is 4.24. The lowest BCUT2D eigenvalue weighted by molar-refractivity contribution is 0.00241. The van der Waals surface area contributed by atoms with Gasteiger partial charge in [-0.25, -0.2) is 22.2 Å². The van der Waals surface area contributed by atoms with Crippen LogP contribution in [-0.2, 0) is 11.8 Å². The van der Waals surface area contributed by atoms with Crippen LogP contribution in [0.2, 0.25) is 0 Å². The van der Waals surface area contributed by atoms with Gasteiger partial charge in [-0.05, 0) is 29.3 Å². The second kappa shape index (κ2) is 9.49. The maximum absolute atomic E-state index is 14.7. The van der Waals surface area contributed by atoms with Crippen LogP contribution in [0, 0.1) is 5.82 Å². The molecule has 0 amide bonds. The van der Waals surface area contributed by atoms with Gasteiger partial charge in [0.05, 0.1) is 34.1 Å². The zero-order valence-electron chi connectivity index (χ0n) is 18.2. The minimum Gasteiger partial charge on any atom is -0.378 e. The van der Waals surface area contributed by atoms with Crippen molar-refractivity contribution in [1.82, 2.24) is 14.3 Å². The van der Waals surface area contributed by atoms with Crippen LogP contribution in [-0.4, -0.2) is 33.7 Å². The first-order chi connectivity index (χ1) is 16.1. The Morgan fingerprint density at radius 2 is 1.94 bits per heavy atom. The number of nitrogens with zero attached hydrogens (tertiary/aromatic N) is 3. The van der Waals surface area contributed by atoms with E-state index in [1.165, 1.54) is 29.9 Å². The van der Waals surface area contributed by atoms with Crippen LogP contribution in [0.1, 0.15) is 43.0 Å². The highest BCUT2D eigenvalue weighted by Crippen LogP contribution is 2.32. The third-order valence-electron chi connectivity index (χ3n) is 5.92. The molecule has 1 aliphatic rings. The van der Waals surface area contributed by atoms with Crippen molar-refractivity contribution >= 4 is 32.5 Å². The number of benzene rings is 1. The van der Waals surface area contributed by atoms with Crippen LogP contribution in [0.5, 0.6) is 0 Å². The van der Waals surface area contributed by atoms with Gasteiger partial charge in [-0.2, -0.15) is 5.10 Å². The van der Waals surface area contributed by atoms with E-state index >= 15 is 0 Å². The number of ether oxygens (including phenoxy) is 1. The van der Waals surface area contributed by atoms with Crippen molar-refractivity contribution in [2.45, 2.75) is 38.0 Å². The summed E-state index contributed by atoms with van der Waals surface area (Å²) in [4.78, 5) is 25.8. The topological polar surface area (TPSA) is 78.2 Å². The smallest absolute Gasteiger partial charge is 0.275 e. The van der Waals surface area contributed by atoms with Crippen molar-refractivity contribution < 1.29 is 22.3 Å². The quantitative estimate of drug-likeness (QED) is 0.481. The second-order valence-electron chi connectivity index (χ2n) is 8.09. The molecule has 3 atom stereocenters. The fourth-order valence-electron chi connectivity index (χ4n) is 4.11. The van der Waals surface area contributed by atoms with E-state index in [1.807, 2.05) is 0 Å². The summed E-state index contributed by atoms with van der Waals surface area (Å²) in [5.74, 6) is -0.949. The van der Waals surface area contributed by atoms with Gasteiger partial charge in [-0.15, -0.1) is 0 Å². The van der Waals surface area contributed by atoms with Crippen LogP contribution >= 0.6 is 15.9 Å². The molecule has 0 bridgehead atoms. The molecule has 1 fully saturated rings. The predicted molar refractivity (Wildman–Crippen MR) is 122 cm³/mol. The van der Waals surface area contributed by atoms with E-state index in [0.29, 0.717) is 0 Å². The van der Waals surface area contributed by atoms with Crippen molar-refractivity contribution in [2.75, 3.05) is 18.5 Å². The Hall–Kier alpha value is -2.73. The van der Waals surface area contributed by atoms with E-state index in [0.717, 1.165) is 10.7 Å². The summed E-state index contributed by atoms with van der Waals surface area (Å²) in [5, 5.41) is 7.36. The summed E-state index contributed by atoms with van der Waals surface area (Å²) in [6.07, 6.45) is -2.82. The molecule has 7 nitrogen and oxygen atoms in total. The van der Waals surface area contributed by atoms with E-state index in [4.69, 9.17) is 4.74 Å². The number of hydrogen-bond acceptors (Lipinski definition) is 5. The molecule has 0 radical (unpaired) electrons. The molecule has 3 aromatic rings. The van der Waals surface area contributed by atoms with Crippen LogP contribution in [0.4, 0.5) is 23.4 Å². The van der Waals surface area contributed by atoms with Gasteiger partial charge in [0.1, 0.15) is 12.0 Å². The summed E-state index contributed by atoms with van der Waals surface area (Å²) < 4.78 is 62.8. The summed E-state index contributed by atoms with van der Waals surface area (Å²) in [6, 6.07) is 2.06. The zero-order chi connectivity index (χ0) is 24.7. The first kappa shape index (κ1) is 24.4. The SMILES string of the molecule is C[C@@H](Nc1nn(C)c(=O)c2c(Br)c(=O)n([C@@H]3CCOC[C@@H]3F)cc12)c1cccc(C(F)F)c1F. The monoisotopic (exact) mass is 544 g/mol. The van der Waals surface area contributed by atoms with E-state index < -0.39 is 47.2 Å². The molecular formula is C22H21BrF4N4O3. The van der Waals surface area contributed by atoms with Crippen LogP contribution in [0.3, 0.4) is 0 Å². The Balaban J connectivity index is 1.86. The first-order valence-corrected chi connectivity index (χ1v) is 11.3. The van der Waals surface area contributed by atoms with Gasteiger partial charge in [0.15, 0.2) is 5.82 Å². The molecule has 0 spiro atoms. The highest BCUT2D eigenvalue weighted by Gasteiger charge is 2.30. The molecular weight excluding hydrogens is 524 g/mol. The lowest BCUT2D eigenvalue weighted by atomic mass is 10.0. The fraction of sp³-hybridized carbons (Fsp3) is 0.409. The Morgan fingerprint density at radius 1 is 1.24 bits per heavy atom. The van der Waals surface area contributed by atoms with Crippen LogP contribution < -0.4 is 16.4 Å². The number of anilines is 1. The number of alkyl halides is 3. The van der Waals surface area contributed by atoms with Crippen molar-refractivity contribution in [1.29, 1.82) is 0 Å². The lowest BCUT2D eigenvalue weighted by Gasteiger charge is -2.28. The van der Waals surface area contributed by atoms with Gasteiger partial charge >= 0.3 is 0 Å². The van der Waals surface area contributed by atoms with Gasteiger partial charge < -0.3 is 14.6 Å². The second-order valence-corrected chi connectivity index (χ2v) is 8.88. The van der Waals surface area contributed by atoms with Gasteiger partial charge in [0.2, 0.25) is 0 Å². The molecule has 3 heterocycles. The van der Waals surface area contributed by atoms with E-state index in [-0.39, 0.29) is 46.3 Å². The number of rotatable bonds is 5. The van der Waals surface area contributed by atoms with E-state index in [1.54, 1.807) is 6.92 Å². The van der Waals surface area contributed by atoms with Gasteiger partial charge in [0.25, 0.3) is 17.5 Å². The van der Waals surface area contributed by atoms with Crippen LogP contribution in [0.25, 0.3) is 10.8 Å². The minimum atomic E-state index is -2.98. The average molecular weight is 545 g/mol. The van der Waals surface area contributed by atoms with E-state index in [2.05, 4.69) is 26.3 Å². The largest absolute Gasteiger partial charge is 0.378 e. The van der Waals surface area contributed by atoms with Crippen LogP contribution in [0.15, 0.2) is 38.5 Å². The third-order valence-corrected chi connectivity index (χ3v) is 6.65. The number of fused-ring (bicyclic) bond motifs is 1. The summed E-state index contributed by atoms with van der Waals surface area (Å²) in [6.45, 7) is 1.65. The molecule has 34 heavy (non-hydrogen) atoms. The standard InChI is InChI=1S/C22H21BrF4N4O3/c1-10(11-4-3-5-12(18(11)25)19(26)27)28-20-13-8-31(15-6-7-34-9-14(15)24)22(33)17(23)16(13)21(32)30(2)29-20/h3-5,8,10,14-15,19H,6-7,9H2,1-2H3,(H,28,29)/t10-,14+,15-/m1/s1. The van der Waals surface area contributed by atoms with Gasteiger partial charge in [-0.3, -0.25) is 9.59 Å². The molecule has 0 aliphatic carbocycles. The fourth-order valence-corrected chi connectivity index (χ4v) is 4.70. The normalized spacial score (nSPS) is 19.5. The number of halogens is 5. The molecule has 4 rings (SSSR count). The lowest BCUT2D eigenvalue weighted by Crippen LogP contribution is -2.37. The number of hydrogen-bond donors (Lipinski definition) is 1. The average Bonchev–Trinajstić information content (AvgIpc) is 2.79. The molecule has 1 saturated heterocycles. The molecule has 2 aromatic heterocycles. The molecule has 0 saturated carbocycles. The number of pyridine rings is 1. The maximum Gasteiger partial charge on any atom is 0.275 e. The molecule has 1 N–H and O–H groups in total. The van der Waals surface area contributed by atoms with Crippen molar-refractivity contribution in [2.24, 2.45) is 7.05 Å². The number of aryl methyl sites for hydroxylation is 1. The predicted octanol–water partition coefficient (Wildman–Crippen LogP) is 4.41. The zero-order valence-corrected chi connectivity index (χ0v) is 19.8. The first-order valence-electron chi connectivity index (χ1n) is 10.5. The Labute approximate surface area is 199 Å². The van der Waals surface area contributed by atoms with Crippen molar-refractivity contribution in [3.05, 3.63) is 66.5 Å².